The van der Waals surface area contributed by atoms with Crippen molar-refractivity contribution >= 4 is 34.8 Å². The minimum absolute atomic E-state index is 0. The van der Waals surface area contributed by atoms with Crippen LogP contribution in [0.15, 0.2) is 41.4 Å². The van der Waals surface area contributed by atoms with Crippen LogP contribution in [0.4, 0.5) is 27.8 Å². The number of benzene rings is 1. The molecule has 0 bridgehead atoms. The SMILES string of the molecule is CCOC(=O)Nc1cc2c(c(N)n1)N=C(c1ccccc1)C(CC)N2.O. The highest BCUT2D eigenvalue weighted by molar-refractivity contribution is 6.10. The van der Waals surface area contributed by atoms with Crippen molar-refractivity contribution < 1.29 is 15.0 Å². The number of pyridine rings is 1. The van der Waals surface area contributed by atoms with E-state index >= 15 is 0 Å². The van der Waals surface area contributed by atoms with Crippen molar-refractivity contribution in [2.24, 2.45) is 4.99 Å². The van der Waals surface area contributed by atoms with E-state index in [9.17, 15) is 4.79 Å². The number of aromatic nitrogens is 1. The van der Waals surface area contributed by atoms with E-state index in [4.69, 9.17) is 15.5 Å². The van der Waals surface area contributed by atoms with Gasteiger partial charge in [0.05, 0.1) is 24.0 Å². The number of nitrogens with zero attached hydrogens (tertiary/aromatic N) is 2. The van der Waals surface area contributed by atoms with Crippen LogP contribution >= 0.6 is 0 Å². The third-order valence-corrected chi connectivity index (χ3v) is 3.90. The van der Waals surface area contributed by atoms with Crippen LogP contribution in [-0.4, -0.2) is 34.9 Å². The molecule has 6 N–H and O–H groups in total. The molecule has 0 aliphatic carbocycles. The van der Waals surface area contributed by atoms with Gasteiger partial charge in [0.2, 0.25) is 0 Å². The van der Waals surface area contributed by atoms with Crippen LogP contribution in [-0.2, 0) is 4.74 Å². The Morgan fingerprint density at radius 1 is 1.31 bits per heavy atom. The summed E-state index contributed by atoms with van der Waals surface area (Å²) in [4.78, 5) is 20.5. The molecule has 26 heavy (non-hydrogen) atoms. The van der Waals surface area contributed by atoms with Gasteiger partial charge in [-0.15, -0.1) is 0 Å². The second-order valence-corrected chi connectivity index (χ2v) is 5.60. The number of nitrogen functional groups attached to an aromatic ring is 1. The van der Waals surface area contributed by atoms with Gasteiger partial charge in [0.25, 0.3) is 0 Å². The topological polar surface area (TPSA) is 133 Å². The number of rotatable bonds is 4. The summed E-state index contributed by atoms with van der Waals surface area (Å²) in [6.07, 6.45) is 0.293. The molecule has 8 heteroatoms. The van der Waals surface area contributed by atoms with Gasteiger partial charge >= 0.3 is 6.09 Å². The zero-order chi connectivity index (χ0) is 17.8. The number of fused-ring (bicyclic) bond motifs is 1. The molecule has 1 aromatic heterocycles. The molecule has 1 aliphatic heterocycles. The number of hydrogen-bond acceptors (Lipinski definition) is 6. The molecule has 0 spiro atoms. The lowest BCUT2D eigenvalue weighted by molar-refractivity contribution is 0.168. The van der Waals surface area contributed by atoms with Crippen molar-refractivity contribution in [2.45, 2.75) is 26.3 Å². The van der Waals surface area contributed by atoms with Gasteiger partial charge in [-0.2, -0.15) is 0 Å². The second kappa shape index (κ2) is 8.30. The van der Waals surface area contributed by atoms with Crippen molar-refractivity contribution in [1.29, 1.82) is 0 Å². The number of amides is 1. The van der Waals surface area contributed by atoms with E-state index in [1.54, 1.807) is 13.0 Å². The van der Waals surface area contributed by atoms with Crippen LogP contribution in [0.2, 0.25) is 0 Å². The fraction of sp³-hybridized carbons (Fsp3) is 0.278. The summed E-state index contributed by atoms with van der Waals surface area (Å²) in [6, 6.07) is 11.7. The lowest BCUT2D eigenvalue weighted by Gasteiger charge is -2.27. The Labute approximate surface area is 151 Å². The molecule has 0 fully saturated rings. The first kappa shape index (κ1) is 19.2. The molecule has 2 heterocycles. The molecule has 138 valence electrons. The summed E-state index contributed by atoms with van der Waals surface area (Å²) >= 11 is 0. The number of carbonyl (C=O) groups is 1. The average molecular weight is 357 g/mol. The number of aliphatic imine (C=N–C) groups is 1. The number of nitrogens with one attached hydrogen (secondary N) is 2. The molecule has 2 aromatic rings. The van der Waals surface area contributed by atoms with Gasteiger partial charge in [-0.25, -0.2) is 14.8 Å². The smallest absolute Gasteiger partial charge is 0.412 e. The van der Waals surface area contributed by atoms with Gasteiger partial charge in [-0.1, -0.05) is 37.3 Å². The quantitative estimate of drug-likeness (QED) is 0.773. The lowest BCUT2D eigenvalue weighted by atomic mass is 9.98. The fourth-order valence-electron chi connectivity index (χ4n) is 2.75. The van der Waals surface area contributed by atoms with Crippen molar-refractivity contribution in [1.82, 2.24) is 4.98 Å². The van der Waals surface area contributed by atoms with Gasteiger partial charge in [-0.3, -0.25) is 5.32 Å². The van der Waals surface area contributed by atoms with E-state index in [0.29, 0.717) is 11.5 Å². The van der Waals surface area contributed by atoms with E-state index in [-0.39, 0.29) is 23.9 Å². The Kier molecular flexibility index (Phi) is 6.13. The highest BCUT2D eigenvalue weighted by atomic mass is 16.5. The maximum absolute atomic E-state index is 11.6. The minimum atomic E-state index is -0.564. The predicted octanol–water partition coefficient (Wildman–Crippen LogP) is 2.73. The highest BCUT2D eigenvalue weighted by Gasteiger charge is 2.25. The molecule has 1 amide bonds. The Balaban J connectivity index is 0.00000243. The third kappa shape index (κ3) is 3.92. The van der Waals surface area contributed by atoms with Gasteiger partial charge < -0.3 is 21.3 Å². The van der Waals surface area contributed by atoms with Crippen LogP contribution in [0.1, 0.15) is 25.8 Å². The minimum Gasteiger partial charge on any atom is -0.450 e. The summed E-state index contributed by atoms with van der Waals surface area (Å²) < 4.78 is 4.87. The first-order chi connectivity index (χ1) is 12.1. The van der Waals surface area contributed by atoms with Crippen molar-refractivity contribution in [3.05, 3.63) is 42.0 Å². The molecule has 0 saturated carbocycles. The maximum Gasteiger partial charge on any atom is 0.412 e. The Hall–Kier alpha value is -3.13. The van der Waals surface area contributed by atoms with Gasteiger partial charge in [-0.05, 0) is 18.9 Å². The molecule has 3 rings (SSSR count). The zero-order valence-corrected chi connectivity index (χ0v) is 14.7. The monoisotopic (exact) mass is 357 g/mol. The van der Waals surface area contributed by atoms with E-state index < -0.39 is 6.09 Å². The fourth-order valence-corrected chi connectivity index (χ4v) is 2.75. The Bertz CT molecular complexity index is 808. The van der Waals surface area contributed by atoms with E-state index in [0.717, 1.165) is 23.4 Å². The zero-order valence-electron chi connectivity index (χ0n) is 14.7. The summed E-state index contributed by atoms with van der Waals surface area (Å²) in [7, 11) is 0. The standard InChI is InChI=1S/C18H21N5O2.H2O/c1-3-12-15(11-8-6-5-7-9-11)23-16-13(20-12)10-14(21-17(16)19)22-18(24)25-4-2;/h5-10,12,20H,3-4H2,1-2H3,(H3,19,21,22,24);1H2. The van der Waals surface area contributed by atoms with Crippen LogP contribution in [0.25, 0.3) is 0 Å². The molecule has 1 aromatic carbocycles. The number of nitrogens with two attached hydrogens (primary N) is 1. The lowest BCUT2D eigenvalue weighted by Crippen LogP contribution is -2.32. The summed E-state index contributed by atoms with van der Waals surface area (Å²) in [6.45, 7) is 4.11. The molecule has 1 atom stereocenters. The highest BCUT2D eigenvalue weighted by Crippen LogP contribution is 2.37. The first-order valence-electron chi connectivity index (χ1n) is 8.27. The maximum atomic E-state index is 11.6. The summed E-state index contributed by atoms with van der Waals surface area (Å²) in [5.74, 6) is 0.579. The number of anilines is 3. The first-order valence-corrected chi connectivity index (χ1v) is 8.27. The van der Waals surface area contributed by atoms with E-state index in [2.05, 4.69) is 22.5 Å². The Morgan fingerprint density at radius 3 is 2.69 bits per heavy atom. The predicted molar refractivity (Wildman–Crippen MR) is 103 cm³/mol. The van der Waals surface area contributed by atoms with Crippen LogP contribution in [0.3, 0.4) is 0 Å². The summed E-state index contributed by atoms with van der Waals surface area (Å²) in [5.41, 5.74) is 9.36. The Morgan fingerprint density at radius 2 is 2.04 bits per heavy atom. The molecular weight excluding hydrogens is 334 g/mol. The van der Waals surface area contributed by atoms with Crippen molar-refractivity contribution in [3.8, 4) is 0 Å². The molecule has 0 radical (unpaired) electrons. The van der Waals surface area contributed by atoms with Gasteiger partial charge in [0.15, 0.2) is 5.82 Å². The molecular formula is C18H23N5O3. The van der Waals surface area contributed by atoms with E-state index in [1.165, 1.54) is 0 Å². The normalized spacial score (nSPS) is 15.0. The number of hydrogen-bond donors (Lipinski definition) is 3. The number of carbonyl (C=O) groups excluding carboxylic acids is 1. The largest absolute Gasteiger partial charge is 0.450 e. The van der Waals surface area contributed by atoms with Crippen LogP contribution in [0, 0.1) is 0 Å². The van der Waals surface area contributed by atoms with Gasteiger partial charge in [0, 0.05) is 6.07 Å². The van der Waals surface area contributed by atoms with Gasteiger partial charge in [0.1, 0.15) is 11.5 Å². The molecule has 0 saturated heterocycles. The second-order valence-electron chi connectivity index (χ2n) is 5.60. The molecule has 1 aliphatic rings. The van der Waals surface area contributed by atoms with Crippen LogP contribution in [0.5, 0.6) is 0 Å². The average Bonchev–Trinajstić information content (AvgIpc) is 2.61. The third-order valence-electron chi connectivity index (χ3n) is 3.90. The van der Waals surface area contributed by atoms with Crippen LogP contribution < -0.4 is 16.4 Å². The van der Waals surface area contributed by atoms with Crippen molar-refractivity contribution in [3.63, 3.8) is 0 Å². The molecule has 8 nitrogen and oxygen atoms in total. The number of ether oxygens (including phenoxy) is 1. The molecule has 1 unspecified atom stereocenters. The van der Waals surface area contributed by atoms with E-state index in [1.807, 2.05) is 30.3 Å². The van der Waals surface area contributed by atoms with Crippen molar-refractivity contribution in [2.75, 3.05) is 23.0 Å². The summed E-state index contributed by atoms with van der Waals surface area (Å²) in [5, 5.41) is 6.01.